The van der Waals surface area contributed by atoms with E-state index in [0.717, 1.165) is 6.04 Å². The monoisotopic (exact) mass is 167 g/mol. The lowest BCUT2D eigenvalue weighted by Gasteiger charge is -2.06. The van der Waals surface area contributed by atoms with Crippen molar-refractivity contribution in [1.29, 1.82) is 0 Å². The van der Waals surface area contributed by atoms with Crippen LogP contribution in [0, 0.1) is 0 Å². The molecular formula is C9H13NS. The smallest absolute Gasteiger partial charge is 0.0116 e. The van der Waals surface area contributed by atoms with Crippen LogP contribution in [0.2, 0.25) is 0 Å². The van der Waals surface area contributed by atoms with Crippen LogP contribution in [0.25, 0.3) is 0 Å². The van der Waals surface area contributed by atoms with E-state index in [1.807, 2.05) is 11.3 Å². The third kappa shape index (κ3) is 1.82. The summed E-state index contributed by atoms with van der Waals surface area (Å²) < 4.78 is 0. The molecule has 1 saturated heterocycles. The van der Waals surface area contributed by atoms with E-state index in [1.165, 1.54) is 30.7 Å². The molecule has 60 valence electrons. The van der Waals surface area contributed by atoms with Gasteiger partial charge in [-0.05, 0) is 37.3 Å². The normalized spacial score (nSPS) is 24.2. The molecule has 2 heterocycles. The molecule has 1 nitrogen and oxygen atoms in total. The van der Waals surface area contributed by atoms with E-state index in [9.17, 15) is 0 Å². The van der Waals surface area contributed by atoms with Crippen molar-refractivity contribution in [1.82, 2.24) is 5.32 Å². The maximum Gasteiger partial charge on any atom is 0.0116 e. The molecule has 1 aliphatic rings. The SMILES string of the molecule is c1csc(C[C@H]2CCCN2)c1. The summed E-state index contributed by atoms with van der Waals surface area (Å²) in [6, 6.07) is 5.12. The van der Waals surface area contributed by atoms with Crippen LogP contribution >= 0.6 is 11.3 Å². The molecule has 0 aliphatic carbocycles. The topological polar surface area (TPSA) is 12.0 Å². The van der Waals surface area contributed by atoms with Gasteiger partial charge in [-0.3, -0.25) is 0 Å². The summed E-state index contributed by atoms with van der Waals surface area (Å²) in [5, 5.41) is 5.66. The zero-order valence-corrected chi connectivity index (χ0v) is 7.36. The highest BCUT2D eigenvalue weighted by atomic mass is 32.1. The first kappa shape index (κ1) is 7.32. The molecule has 0 radical (unpaired) electrons. The zero-order valence-electron chi connectivity index (χ0n) is 6.55. The Balaban J connectivity index is 1.90. The summed E-state index contributed by atoms with van der Waals surface area (Å²) in [7, 11) is 0. The first-order valence-electron chi connectivity index (χ1n) is 4.21. The molecule has 1 atom stereocenters. The molecule has 0 saturated carbocycles. The fourth-order valence-electron chi connectivity index (χ4n) is 1.60. The molecule has 2 rings (SSSR count). The van der Waals surface area contributed by atoms with Crippen molar-refractivity contribution < 1.29 is 0 Å². The summed E-state index contributed by atoms with van der Waals surface area (Å²) in [4.78, 5) is 1.52. The Morgan fingerprint density at radius 1 is 1.64 bits per heavy atom. The second-order valence-electron chi connectivity index (χ2n) is 3.08. The fourth-order valence-corrected chi connectivity index (χ4v) is 2.39. The van der Waals surface area contributed by atoms with Gasteiger partial charge in [-0.1, -0.05) is 6.07 Å². The van der Waals surface area contributed by atoms with Gasteiger partial charge in [-0.25, -0.2) is 0 Å². The predicted molar refractivity (Wildman–Crippen MR) is 49.0 cm³/mol. The van der Waals surface area contributed by atoms with Crippen molar-refractivity contribution in [2.24, 2.45) is 0 Å². The molecule has 0 amide bonds. The zero-order chi connectivity index (χ0) is 7.52. The quantitative estimate of drug-likeness (QED) is 0.711. The van der Waals surface area contributed by atoms with Crippen LogP contribution in [0.5, 0.6) is 0 Å². The van der Waals surface area contributed by atoms with Gasteiger partial charge >= 0.3 is 0 Å². The molecule has 2 heteroatoms. The first-order chi connectivity index (χ1) is 5.45. The van der Waals surface area contributed by atoms with E-state index in [2.05, 4.69) is 22.8 Å². The van der Waals surface area contributed by atoms with Gasteiger partial charge in [0.2, 0.25) is 0 Å². The summed E-state index contributed by atoms with van der Waals surface area (Å²) in [6.45, 7) is 1.22. The maximum atomic E-state index is 3.50. The molecule has 0 unspecified atom stereocenters. The molecule has 1 aromatic rings. The number of hydrogen-bond donors (Lipinski definition) is 1. The standard InChI is InChI=1S/C9H13NS/c1-3-8(10-5-1)7-9-4-2-6-11-9/h2,4,6,8,10H,1,3,5,7H2/t8-/m1/s1. The van der Waals surface area contributed by atoms with Gasteiger partial charge in [-0.15, -0.1) is 11.3 Å². The Morgan fingerprint density at radius 2 is 2.64 bits per heavy atom. The number of hydrogen-bond acceptors (Lipinski definition) is 2. The molecule has 1 fully saturated rings. The van der Waals surface area contributed by atoms with Crippen molar-refractivity contribution in [3.05, 3.63) is 22.4 Å². The van der Waals surface area contributed by atoms with Gasteiger partial charge in [-0.2, -0.15) is 0 Å². The van der Waals surface area contributed by atoms with Crippen molar-refractivity contribution in [3.8, 4) is 0 Å². The Bertz CT molecular complexity index is 199. The molecular weight excluding hydrogens is 154 g/mol. The maximum absolute atomic E-state index is 3.50. The fraction of sp³-hybridized carbons (Fsp3) is 0.556. The van der Waals surface area contributed by atoms with Gasteiger partial charge in [0, 0.05) is 10.9 Å². The van der Waals surface area contributed by atoms with E-state index < -0.39 is 0 Å². The Hall–Kier alpha value is -0.340. The summed E-state index contributed by atoms with van der Waals surface area (Å²) in [6.07, 6.45) is 3.95. The van der Waals surface area contributed by atoms with Gasteiger partial charge < -0.3 is 5.32 Å². The largest absolute Gasteiger partial charge is 0.314 e. The minimum absolute atomic E-state index is 0.758. The Kier molecular flexibility index (Phi) is 2.24. The molecule has 0 spiro atoms. The average Bonchev–Trinajstić information content (AvgIpc) is 2.60. The number of rotatable bonds is 2. The van der Waals surface area contributed by atoms with Gasteiger partial charge in [0.15, 0.2) is 0 Å². The first-order valence-corrected chi connectivity index (χ1v) is 5.09. The number of thiophene rings is 1. The van der Waals surface area contributed by atoms with Gasteiger partial charge in [0.05, 0.1) is 0 Å². The van der Waals surface area contributed by atoms with E-state index in [4.69, 9.17) is 0 Å². The number of nitrogens with one attached hydrogen (secondary N) is 1. The van der Waals surface area contributed by atoms with Crippen LogP contribution in [-0.2, 0) is 6.42 Å². The minimum Gasteiger partial charge on any atom is -0.314 e. The van der Waals surface area contributed by atoms with Crippen molar-refractivity contribution in [2.75, 3.05) is 6.54 Å². The lowest BCUT2D eigenvalue weighted by molar-refractivity contribution is 0.608. The molecule has 11 heavy (non-hydrogen) atoms. The highest BCUT2D eigenvalue weighted by Crippen LogP contribution is 2.15. The molecule has 1 aliphatic heterocycles. The lowest BCUT2D eigenvalue weighted by Crippen LogP contribution is -2.23. The van der Waals surface area contributed by atoms with Gasteiger partial charge in [0.1, 0.15) is 0 Å². The second kappa shape index (κ2) is 3.37. The predicted octanol–water partition coefficient (Wildman–Crippen LogP) is 2.04. The van der Waals surface area contributed by atoms with Crippen LogP contribution in [-0.4, -0.2) is 12.6 Å². The average molecular weight is 167 g/mol. The van der Waals surface area contributed by atoms with Crippen LogP contribution in [0.1, 0.15) is 17.7 Å². The lowest BCUT2D eigenvalue weighted by atomic mass is 10.1. The highest BCUT2D eigenvalue weighted by molar-refractivity contribution is 7.09. The Labute approximate surface area is 71.4 Å². The third-order valence-corrected chi connectivity index (χ3v) is 3.09. The van der Waals surface area contributed by atoms with Crippen LogP contribution in [0.15, 0.2) is 17.5 Å². The summed E-state index contributed by atoms with van der Waals surface area (Å²) in [5.41, 5.74) is 0. The van der Waals surface area contributed by atoms with E-state index in [-0.39, 0.29) is 0 Å². The minimum atomic E-state index is 0.758. The molecule has 0 aromatic carbocycles. The highest BCUT2D eigenvalue weighted by Gasteiger charge is 2.14. The third-order valence-electron chi connectivity index (χ3n) is 2.19. The van der Waals surface area contributed by atoms with Crippen LogP contribution in [0.3, 0.4) is 0 Å². The van der Waals surface area contributed by atoms with Crippen molar-refractivity contribution in [3.63, 3.8) is 0 Å². The van der Waals surface area contributed by atoms with E-state index in [0.29, 0.717) is 0 Å². The Morgan fingerprint density at radius 3 is 3.27 bits per heavy atom. The van der Waals surface area contributed by atoms with E-state index >= 15 is 0 Å². The second-order valence-corrected chi connectivity index (χ2v) is 4.11. The summed E-state index contributed by atoms with van der Waals surface area (Å²) in [5.74, 6) is 0. The van der Waals surface area contributed by atoms with Gasteiger partial charge in [0.25, 0.3) is 0 Å². The van der Waals surface area contributed by atoms with Crippen LogP contribution in [0.4, 0.5) is 0 Å². The van der Waals surface area contributed by atoms with Crippen molar-refractivity contribution in [2.45, 2.75) is 25.3 Å². The molecule has 1 N–H and O–H groups in total. The van der Waals surface area contributed by atoms with Crippen molar-refractivity contribution >= 4 is 11.3 Å². The molecule has 1 aromatic heterocycles. The summed E-state index contributed by atoms with van der Waals surface area (Å²) >= 11 is 1.87. The van der Waals surface area contributed by atoms with Crippen LogP contribution < -0.4 is 5.32 Å². The molecule has 0 bridgehead atoms. The van der Waals surface area contributed by atoms with E-state index in [1.54, 1.807) is 0 Å².